The second-order valence-corrected chi connectivity index (χ2v) is 8.08. The highest BCUT2D eigenvalue weighted by Crippen LogP contribution is 2.29. The van der Waals surface area contributed by atoms with Gasteiger partial charge in [0.2, 0.25) is 0 Å². The predicted molar refractivity (Wildman–Crippen MR) is 122 cm³/mol. The monoisotopic (exact) mass is 426 g/mol. The standard InChI is InChI=1S/C23H22N8O/c32-23(29-17-12-28-31(14-17)18-1-5-24-6-2-18)16-10-20-21(13-26-22(20)25-11-16)15-4-8-30-19(9-15)3-7-27-30/h3-4,7-14,18,24H,1-2,5-6H2,(H,25,26)(H,29,32). The van der Waals surface area contributed by atoms with E-state index in [-0.39, 0.29) is 5.91 Å². The summed E-state index contributed by atoms with van der Waals surface area (Å²) < 4.78 is 3.77. The van der Waals surface area contributed by atoms with Gasteiger partial charge in [-0.15, -0.1) is 0 Å². The number of nitrogens with one attached hydrogen (secondary N) is 3. The van der Waals surface area contributed by atoms with Crippen LogP contribution in [0.3, 0.4) is 0 Å². The number of fused-ring (bicyclic) bond motifs is 2. The van der Waals surface area contributed by atoms with Crippen molar-refractivity contribution >= 4 is 28.1 Å². The van der Waals surface area contributed by atoms with Crippen LogP contribution >= 0.6 is 0 Å². The second-order valence-electron chi connectivity index (χ2n) is 8.08. The fraction of sp³-hybridized carbons (Fsp3) is 0.217. The first kappa shape index (κ1) is 18.8. The van der Waals surface area contributed by atoms with E-state index in [1.54, 1.807) is 18.6 Å². The summed E-state index contributed by atoms with van der Waals surface area (Å²) in [6.45, 7) is 1.98. The summed E-state index contributed by atoms with van der Waals surface area (Å²) in [5.74, 6) is -0.206. The number of anilines is 1. The Morgan fingerprint density at radius 3 is 2.94 bits per heavy atom. The zero-order valence-corrected chi connectivity index (χ0v) is 17.3. The summed E-state index contributed by atoms with van der Waals surface area (Å²) in [4.78, 5) is 20.6. The average Bonchev–Trinajstić information content (AvgIpc) is 3.58. The van der Waals surface area contributed by atoms with E-state index in [1.807, 2.05) is 46.0 Å². The number of pyridine rings is 2. The van der Waals surface area contributed by atoms with Crippen LogP contribution in [0.2, 0.25) is 0 Å². The van der Waals surface area contributed by atoms with Gasteiger partial charge in [0.05, 0.1) is 29.0 Å². The fourth-order valence-electron chi connectivity index (χ4n) is 4.33. The van der Waals surface area contributed by atoms with Gasteiger partial charge in [0, 0.05) is 41.9 Å². The lowest BCUT2D eigenvalue weighted by molar-refractivity contribution is 0.102. The van der Waals surface area contributed by atoms with Crippen LogP contribution in [0.25, 0.3) is 27.7 Å². The molecule has 0 unspecified atom stereocenters. The van der Waals surface area contributed by atoms with E-state index in [2.05, 4.69) is 36.9 Å². The van der Waals surface area contributed by atoms with E-state index in [0.717, 1.165) is 53.6 Å². The first-order chi connectivity index (χ1) is 15.7. The molecular formula is C23H22N8O. The van der Waals surface area contributed by atoms with Gasteiger partial charge in [0.15, 0.2) is 0 Å². The molecule has 0 aromatic carbocycles. The number of carbonyl (C=O) groups is 1. The predicted octanol–water partition coefficient (Wildman–Crippen LogP) is 3.25. The minimum absolute atomic E-state index is 0.206. The van der Waals surface area contributed by atoms with Gasteiger partial charge in [-0.05, 0) is 55.8 Å². The second kappa shape index (κ2) is 7.61. The molecule has 0 saturated carbocycles. The lowest BCUT2D eigenvalue weighted by atomic mass is 10.1. The van der Waals surface area contributed by atoms with E-state index >= 15 is 0 Å². The number of carbonyl (C=O) groups excluding carboxylic acids is 1. The summed E-state index contributed by atoms with van der Waals surface area (Å²) >= 11 is 0. The van der Waals surface area contributed by atoms with Gasteiger partial charge in [0.1, 0.15) is 5.65 Å². The molecule has 0 spiro atoms. The van der Waals surface area contributed by atoms with Crippen molar-refractivity contribution in [3.8, 4) is 11.1 Å². The first-order valence-electron chi connectivity index (χ1n) is 10.7. The molecule has 160 valence electrons. The molecule has 0 radical (unpaired) electrons. The number of H-pyrrole nitrogens is 1. The number of rotatable bonds is 4. The highest BCUT2D eigenvalue weighted by molar-refractivity contribution is 6.07. The zero-order chi connectivity index (χ0) is 21.5. The molecule has 5 aromatic rings. The molecule has 9 heteroatoms. The van der Waals surface area contributed by atoms with Crippen LogP contribution in [0, 0.1) is 0 Å². The Labute approximate surface area is 183 Å². The topological polar surface area (TPSA) is 105 Å². The molecule has 3 N–H and O–H groups in total. The van der Waals surface area contributed by atoms with Crippen molar-refractivity contribution < 1.29 is 4.79 Å². The molecule has 1 saturated heterocycles. The Hall–Kier alpha value is -3.98. The largest absolute Gasteiger partial charge is 0.346 e. The molecule has 0 aliphatic carbocycles. The van der Waals surface area contributed by atoms with E-state index in [0.29, 0.717) is 17.3 Å². The quantitative estimate of drug-likeness (QED) is 0.409. The van der Waals surface area contributed by atoms with Gasteiger partial charge in [-0.3, -0.25) is 9.48 Å². The van der Waals surface area contributed by atoms with Gasteiger partial charge in [-0.1, -0.05) is 0 Å². The molecule has 1 fully saturated rings. The Kier molecular flexibility index (Phi) is 4.46. The molecule has 5 aromatic heterocycles. The van der Waals surface area contributed by atoms with Crippen molar-refractivity contribution in [3.05, 3.63) is 67.0 Å². The molecule has 1 amide bonds. The number of aromatic amines is 1. The molecule has 1 aliphatic heterocycles. The van der Waals surface area contributed by atoms with Crippen molar-refractivity contribution in [2.24, 2.45) is 0 Å². The van der Waals surface area contributed by atoms with Crippen LogP contribution in [0.4, 0.5) is 5.69 Å². The Morgan fingerprint density at radius 2 is 2.03 bits per heavy atom. The zero-order valence-electron chi connectivity index (χ0n) is 17.3. The van der Waals surface area contributed by atoms with E-state index in [1.165, 1.54) is 0 Å². The number of hydrogen-bond donors (Lipinski definition) is 3. The third-order valence-corrected chi connectivity index (χ3v) is 6.05. The number of amides is 1. The van der Waals surface area contributed by atoms with Gasteiger partial charge in [-0.25, -0.2) is 9.50 Å². The van der Waals surface area contributed by atoms with Crippen LogP contribution in [0.5, 0.6) is 0 Å². The lowest BCUT2D eigenvalue weighted by Gasteiger charge is -2.22. The lowest BCUT2D eigenvalue weighted by Crippen LogP contribution is -2.29. The first-order valence-corrected chi connectivity index (χ1v) is 10.7. The molecule has 0 atom stereocenters. The molecule has 9 nitrogen and oxygen atoms in total. The summed E-state index contributed by atoms with van der Waals surface area (Å²) in [6.07, 6.45) is 12.9. The van der Waals surface area contributed by atoms with Crippen molar-refractivity contribution in [1.82, 2.24) is 34.7 Å². The van der Waals surface area contributed by atoms with Crippen LogP contribution in [-0.4, -0.2) is 48.4 Å². The van der Waals surface area contributed by atoms with Crippen LogP contribution in [0.1, 0.15) is 29.2 Å². The third kappa shape index (κ3) is 3.32. The minimum atomic E-state index is -0.206. The van der Waals surface area contributed by atoms with Crippen molar-refractivity contribution in [2.45, 2.75) is 18.9 Å². The highest BCUT2D eigenvalue weighted by Gasteiger charge is 2.17. The summed E-state index contributed by atoms with van der Waals surface area (Å²) in [7, 11) is 0. The average molecular weight is 426 g/mol. The maximum Gasteiger partial charge on any atom is 0.257 e. The maximum atomic E-state index is 12.9. The molecule has 1 aliphatic rings. The van der Waals surface area contributed by atoms with Crippen molar-refractivity contribution in [2.75, 3.05) is 18.4 Å². The van der Waals surface area contributed by atoms with Crippen molar-refractivity contribution in [3.63, 3.8) is 0 Å². The van der Waals surface area contributed by atoms with Crippen LogP contribution in [0.15, 0.2) is 61.4 Å². The molecule has 6 rings (SSSR count). The number of nitrogens with zero attached hydrogens (tertiary/aromatic N) is 5. The minimum Gasteiger partial charge on any atom is -0.346 e. The van der Waals surface area contributed by atoms with E-state index in [9.17, 15) is 4.79 Å². The Morgan fingerprint density at radius 1 is 1.12 bits per heavy atom. The summed E-state index contributed by atoms with van der Waals surface area (Å²) in [6, 6.07) is 8.28. The summed E-state index contributed by atoms with van der Waals surface area (Å²) in [5.41, 5.74) is 4.96. The van der Waals surface area contributed by atoms with Crippen LogP contribution < -0.4 is 10.6 Å². The Balaban J connectivity index is 1.27. The van der Waals surface area contributed by atoms with Crippen LogP contribution in [-0.2, 0) is 0 Å². The normalized spacial score (nSPS) is 14.9. The van der Waals surface area contributed by atoms with Crippen molar-refractivity contribution in [1.29, 1.82) is 0 Å². The summed E-state index contributed by atoms with van der Waals surface area (Å²) in [5, 5.41) is 15.9. The number of hydrogen-bond acceptors (Lipinski definition) is 5. The molecule has 0 bridgehead atoms. The third-order valence-electron chi connectivity index (χ3n) is 6.05. The fourth-order valence-corrected chi connectivity index (χ4v) is 4.33. The Bertz CT molecular complexity index is 1420. The van der Waals surface area contributed by atoms with Gasteiger partial charge < -0.3 is 15.6 Å². The highest BCUT2D eigenvalue weighted by atomic mass is 16.1. The number of aromatic nitrogens is 6. The van der Waals surface area contributed by atoms with Gasteiger partial charge >= 0.3 is 0 Å². The van der Waals surface area contributed by atoms with E-state index < -0.39 is 0 Å². The molecule has 6 heterocycles. The maximum absolute atomic E-state index is 12.9. The molecular weight excluding hydrogens is 404 g/mol. The SMILES string of the molecule is O=C(Nc1cnn(C2CCNCC2)c1)c1cnc2[nH]cc(-c3ccn4nccc4c3)c2c1. The number of piperidine rings is 1. The molecule has 32 heavy (non-hydrogen) atoms. The van der Waals surface area contributed by atoms with Gasteiger partial charge in [0.25, 0.3) is 5.91 Å². The smallest absolute Gasteiger partial charge is 0.257 e. The van der Waals surface area contributed by atoms with E-state index in [4.69, 9.17) is 0 Å². The van der Waals surface area contributed by atoms with Gasteiger partial charge in [-0.2, -0.15) is 10.2 Å².